The van der Waals surface area contributed by atoms with Crippen LogP contribution in [0.3, 0.4) is 0 Å². The Labute approximate surface area is 80.8 Å². The number of rotatable bonds is 6. The van der Waals surface area contributed by atoms with Crippen molar-refractivity contribution < 1.29 is 29.0 Å². The molecule has 0 heterocycles. The van der Waals surface area contributed by atoms with Crippen LogP contribution in [0.2, 0.25) is 0 Å². The van der Waals surface area contributed by atoms with Gasteiger partial charge in [-0.15, -0.1) is 0 Å². The molecule has 0 aromatic heterocycles. The fourth-order valence-corrected chi connectivity index (χ4v) is 0.602. The fourth-order valence-electron chi connectivity index (χ4n) is 0.602. The average Bonchev–Trinajstić information content (AvgIpc) is 2.02. The van der Waals surface area contributed by atoms with E-state index in [-0.39, 0.29) is 26.1 Å². The highest BCUT2D eigenvalue weighted by molar-refractivity contribution is 5.71. The lowest BCUT2D eigenvalue weighted by Gasteiger charge is -2.02. The van der Waals surface area contributed by atoms with Gasteiger partial charge in [0.15, 0.2) is 0 Å². The van der Waals surface area contributed by atoms with Crippen LogP contribution in [0.15, 0.2) is 0 Å². The summed E-state index contributed by atoms with van der Waals surface area (Å²) in [6.07, 6.45) is -0.279. The van der Waals surface area contributed by atoms with E-state index >= 15 is 0 Å². The van der Waals surface area contributed by atoms with Crippen LogP contribution >= 0.6 is 0 Å². The Hall–Kier alpha value is -1.59. The van der Waals surface area contributed by atoms with Gasteiger partial charge in [0.2, 0.25) is 0 Å². The molecule has 0 aliphatic rings. The molecular formula is C8H12O6. The van der Waals surface area contributed by atoms with Crippen molar-refractivity contribution in [2.24, 2.45) is 0 Å². The van der Waals surface area contributed by atoms with Gasteiger partial charge in [-0.05, 0) is 0 Å². The first-order valence-electron chi connectivity index (χ1n) is 4.03. The van der Waals surface area contributed by atoms with Crippen LogP contribution in [0.4, 0.5) is 0 Å². The van der Waals surface area contributed by atoms with E-state index in [1.807, 2.05) is 0 Å². The Morgan fingerprint density at radius 1 is 1.07 bits per heavy atom. The first kappa shape index (κ1) is 12.4. The van der Waals surface area contributed by atoms with Gasteiger partial charge in [0, 0.05) is 6.92 Å². The molecule has 14 heavy (non-hydrogen) atoms. The van der Waals surface area contributed by atoms with Gasteiger partial charge in [-0.3, -0.25) is 14.4 Å². The smallest absolute Gasteiger partial charge is 0.309 e. The molecule has 1 N–H and O–H groups in total. The molecule has 0 fully saturated rings. The second kappa shape index (κ2) is 6.88. The fraction of sp³-hybridized carbons (Fsp3) is 0.625. The Kier molecular flexibility index (Phi) is 6.09. The molecule has 0 unspecified atom stereocenters. The van der Waals surface area contributed by atoms with Crippen LogP contribution in [0.25, 0.3) is 0 Å². The van der Waals surface area contributed by atoms with Crippen molar-refractivity contribution in [2.45, 2.75) is 19.8 Å². The van der Waals surface area contributed by atoms with Gasteiger partial charge < -0.3 is 14.6 Å². The number of carbonyl (C=O) groups excluding carboxylic acids is 2. The van der Waals surface area contributed by atoms with Crippen LogP contribution in [0, 0.1) is 0 Å². The largest absolute Gasteiger partial charge is 0.481 e. The lowest BCUT2D eigenvalue weighted by atomic mass is 10.4. The summed E-state index contributed by atoms with van der Waals surface area (Å²) in [5.41, 5.74) is 0. The van der Waals surface area contributed by atoms with Gasteiger partial charge in [0.05, 0.1) is 12.8 Å². The number of carboxylic acids is 1. The van der Waals surface area contributed by atoms with E-state index < -0.39 is 17.9 Å². The molecule has 0 aromatic carbocycles. The average molecular weight is 204 g/mol. The van der Waals surface area contributed by atoms with Crippen LogP contribution in [-0.2, 0) is 23.9 Å². The molecule has 0 spiro atoms. The highest BCUT2D eigenvalue weighted by Crippen LogP contribution is 1.90. The predicted molar refractivity (Wildman–Crippen MR) is 44.5 cm³/mol. The van der Waals surface area contributed by atoms with Crippen molar-refractivity contribution >= 4 is 17.9 Å². The van der Waals surface area contributed by atoms with E-state index in [1.54, 1.807) is 0 Å². The first-order chi connectivity index (χ1) is 6.52. The van der Waals surface area contributed by atoms with E-state index in [4.69, 9.17) is 5.11 Å². The van der Waals surface area contributed by atoms with Crippen molar-refractivity contribution in [1.82, 2.24) is 0 Å². The van der Waals surface area contributed by atoms with Crippen molar-refractivity contribution in [3.8, 4) is 0 Å². The van der Waals surface area contributed by atoms with E-state index in [0.29, 0.717) is 0 Å². The first-order valence-corrected chi connectivity index (χ1v) is 4.03. The third-order valence-electron chi connectivity index (χ3n) is 1.19. The van der Waals surface area contributed by atoms with E-state index in [0.717, 1.165) is 0 Å². The zero-order valence-electron chi connectivity index (χ0n) is 7.82. The normalized spacial score (nSPS) is 9.21. The van der Waals surface area contributed by atoms with Gasteiger partial charge in [0.1, 0.15) is 13.2 Å². The number of esters is 2. The third-order valence-corrected chi connectivity index (χ3v) is 1.19. The van der Waals surface area contributed by atoms with E-state index in [2.05, 4.69) is 9.47 Å². The lowest BCUT2D eigenvalue weighted by molar-refractivity contribution is -0.149. The molecule has 6 heteroatoms. The number of carboxylic acid groups (broad SMARTS) is 1. The minimum atomic E-state index is -1.03. The van der Waals surface area contributed by atoms with Crippen molar-refractivity contribution in [3.05, 3.63) is 0 Å². The van der Waals surface area contributed by atoms with Gasteiger partial charge in [-0.2, -0.15) is 0 Å². The SMILES string of the molecule is CC(=O)OCCC(=O)OCCC(=O)O. The molecule has 0 atom stereocenters. The molecule has 0 aliphatic carbocycles. The summed E-state index contributed by atoms with van der Waals surface area (Å²) >= 11 is 0. The maximum atomic E-state index is 10.8. The summed E-state index contributed by atoms with van der Waals surface area (Å²) in [6.45, 7) is 1.03. The zero-order valence-corrected chi connectivity index (χ0v) is 7.82. The summed E-state index contributed by atoms with van der Waals surface area (Å²) in [4.78, 5) is 31.1. The molecule has 0 aliphatic heterocycles. The molecule has 0 saturated heterocycles. The van der Waals surface area contributed by atoms with Gasteiger partial charge >= 0.3 is 17.9 Å². The summed E-state index contributed by atoms with van der Waals surface area (Å²) in [7, 11) is 0. The third kappa shape index (κ3) is 8.51. The van der Waals surface area contributed by atoms with Crippen LogP contribution < -0.4 is 0 Å². The Morgan fingerprint density at radius 2 is 1.64 bits per heavy atom. The molecular weight excluding hydrogens is 192 g/mol. The Bertz CT molecular complexity index is 200. The molecule has 80 valence electrons. The minimum absolute atomic E-state index is 0.0404. The maximum absolute atomic E-state index is 10.8. The molecule has 0 saturated carbocycles. The Morgan fingerprint density at radius 3 is 2.14 bits per heavy atom. The second-order valence-electron chi connectivity index (χ2n) is 2.45. The highest BCUT2D eigenvalue weighted by Gasteiger charge is 2.05. The summed E-state index contributed by atoms with van der Waals surface area (Å²) < 4.78 is 9.01. The molecule has 0 aromatic rings. The van der Waals surface area contributed by atoms with Crippen LogP contribution in [0.5, 0.6) is 0 Å². The zero-order chi connectivity index (χ0) is 11.0. The summed E-state index contributed by atoms with van der Waals surface area (Å²) in [6, 6.07) is 0. The second-order valence-corrected chi connectivity index (χ2v) is 2.45. The molecule has 0 bridgehead atoms. The summed E-state index contributed by atoms with van der Waals surface area (Å²) in [5, 5.41) is 8.21. The van der Waals surface area contributed by atoms with Gasteiger partial charge in [-0.25, -0.2) is 0 Å². The minimum Gasteiger partial charge on any atom is -0.481 e. The highest BCUT2D eigenvalue weighted by atomic mass is 16.5. The Balaban J connectivity index is 3.37. The molecule has 0 rings (SSSR count). The van der Waals surface area contributed by atoms with E-state index in [1.165, 1.54) is 6.92 Å². The number of carbonyl (C=O) groups is 3. The quantitative estimate of drug-likeness (QED) is 0.610. The van der Waals surface area contributed by atoms with Crippen molar-refractivity contribution in [1.29, 1.82) is 0 Å². The van der Waals surface area contributed by atoms with Crippen LogP contribution in [0.1, 0.15) is 19.8 Å². The number of hydrogen-bond acceptors (Lipinski definition) is 5. The standard InChI is InChI=1S/C8H12O6/c1-6(9)13-5-3-8(12)14-4-2-7(10)11/h2-5H2,1H3,(H,10,11). The lowest BCUT2D eigenvalue weighted by Crippen LogP contribution is -2.12. The number of ether oxygens (including phenoxy) is 2. The predicted octanol–water partition coefficient (Wildman–Crippen LogP) is -0.0425. The summed E-state index contributed by atoms with van der Waals surface area (Å²) in [5.74, 6) is -2.08. The van der Waals surface area contributed by atoms with Crippen molar-refractivity contribution in [3.63, 3.8) is 0 Å². The maximum Gasteiger partial charge on any atom is 0.309 e. The monoisotopic (exact) mass is 204 g/mol. The number of hydrogen-bond donors (Lipinski definition) is 1. The van der Waals surface area contributed by atoms with Gasteiger partial charge in [0.25, 0.3) is 0 Å². The molecule has 0 radical (unpaired) electrons. The molecule has 0 amide bonds. The molecule has 6 nitrogen and oxygen atoms in total. The van der Waals surface area contributed by atoms with Crippen molar-refractivity contribution in [2.75, 3.05) is 13.2 Å². The topological polar surface area (TPSA) is 89.9 Å². The number of aliphatic carboxylic acids is 1. The van der Waals surface area contributed by atoms with Crippen LogP contribution in [-0.4, -0.2) is 36.2 Å². The van der Waals surface area contributed by atoms with Gasteiger partial charge in [-0.1, -0.05) is 0 Å². The van der Waals surface area contributed by atoms with E-state index in [9.17, 15) is 14.4 Å².